The predicted octanol–water partition coefficient (Wildman–Crippen LogP) is 3.93. The Labute approximate surface area is 161 Å². The Morgan fingerprint density at radius 1 is 1.08 bits per heavy atom. The van der Waals surface area contributed by atoms with E-state index in [0.717, 1.165) is 5.56 Å². The Balaban J connectivity index is 1.98. The molecule has 0 aliphatic carbocycles. The first-order chi connectivity index (χ1) is 12.4. The molecule has 2 rings (SSSR count). The number of hydrogen-bond donors (Lipinski definition) is 1. The fraction of sp³-hybridized carbons (Fsp3) is 0.222. The van der Waals surface area contributed by atoms with Crippen molar-refractivity contribution >= 4 is 34.8 Å². The predicted molar refractivity (Wildman–Crippen MR) is 102 cm³/mol. The summed E-state index contributed by atoms with van der Waals surface area (Å²) < 4.78 is 15.8. The van der Waals surface area contributed by atoms with Crippen molar-refractivity contribution in [3.8, 4) is 17.2 Å². The second kappa shape index (κ2) is 9.31. The summed E-state index contributed by atoms with van der Waals surface area (Å²) in [6.45, 7) is 1.51. The molecule has 0 spiro atoms. The van der Waals surface area contributed by atoms with Crippen molar-refractivity contribution in [1.29, 1.82) is 0 Å². The number of benzene rings is 2. The van der Waals surface area contributed by atoms with Gasteiger partial charge in [0.25, 0.3) is 5.91 Å². The number of carbonyl (C=O) groups excluding carboxylic acids is 1. The number of halogens is 2. The summed E-state index contributed by atoms with van der Waals surface area (Å²) >= 11 is 11.8. The Morgan fingerprint density at radius 2 is 1.85 bits per heavy atom. The molecular weight excluding hydrogens is 379 g/mol. The van der Waals surface area contributed by atoms with Gasteiger partial charge in [-0.15, -0.1) is 0 Å². The maximum atomic E-state index is 11.9. The van der Waals surface area contributed by atoms with Gasteiger partial charge in [-0.05, 0) is 37.3 Å². The molecule has 1 amide bonds. The maximum Gasteiger partial charge on any atom is 0.277 e. The monoisotopic (exact) mass is 396 g/mol. The van der Waals surface area contributed by atoms with Crippen LogP contribution in [0.3, 0.4) is 0 Å². The van der Waals surface area contributed by atoms with Crippen molar-refractivity contribution in [1.82, 2.24) is 5.43 Å². The molecule has 8 heteroatoms. The molecular formula is C18H18Cl2N2O4. The van der Waals surface area contributed by atoms with E-state index in [0.29, 0.717) is 33.0 Å². The second-order valence-corrected chi connectivity index (χ2v) is 6.01. The number of nitrogens with one attached hydrogen (secondary N) is 1. The van der Waals surface area contributed by atoms with Gasteiger partial charge in [0, 0.05) is 16.7 Å². The minimum absolute atomic E-state index is 0.238. The number of carbonyl (C=O) groups is 1. The number of ether oxygens (including phenoxy) is 3. The normalized spacial score (nSPS) is 11.0. The number of nitrogens with zero attached hydrogens (tertiary/aromatic N) is 1. The Morgan fingerprint density at radius 3 is 2.50 bits per heavy atom. The van der Waals surface area contributed by atoms with Gasteiger partial charge in [-0.2, -0.15) is 5.10 Å². The van der Waals surface area contributed by atoms with E-state index in [2.05, 4.69) is 10.5 Å². The van der Waals surface area contributed by atoms with Crippen molar-refractivity contribution in [3.63, 3.8) is 0 Å². The van der Waals surface area contributed by atoms with E-state index >= 15 is 0 Å². The first kappa shape index (κ1) is 19.9. The minimum atomic E-state index is -0.428. The topological polar surface area (TPSA) is 69.2 Å². The molecule has 2 aromatic rings. The number of methoxy groups -OCH3 is 2. The fourth-order valence-corrected chi connectivity index (χ4v) is 2.53. The summed E-state index contributed by atoms with van der Waals surface area (Å²) in [5.74, 6) is 1.19. The molecule has 2 aromatic carbocycles. The molecule has 0 aliphatic rings. The number of amides is 1. The van der Waals surface area contributed by atoms with E-state index in [1.54, 1.807) is 51.5 Å². The van der Waals surface area contributed by atoms with Crippen molar-refractivity contribution in [2.75, 3.05) is 20.8 Å². The molecule has 0 aliphatic heterocycles. The summed E-state index contributed by atoms with van der Waals surface area (Å²) in [6.07, 6.45) is 0. The second-order valence-electron chi connectivity index (χ2n) is 5.16. The zero-order valence-electron chi connectivity index (χ0n) is 14.5. The van der Waals surface area contributed by atoms with Crippen LogP contribution in [0.1, 0.15) is 12.5 Å². The summed E-state index contributed by atoms with van der Waals surface area (Å²) in [5.41, 5.74) is 3.73. The fourth-order valence-electron chi connectivity index (χ4n) is 2.07. The minimum Gasteiger partial charge on any atom is -0.497 e. The number of rotatable bonds is 7. The van der Waals surface area contributed by atoms with Crippen molar-refractivity contribution in [2.24, 2.45) is 5.10 Å². The van der Waals surface area contributed by atoms with E-state index in [1.807, 2.05) is 0 Å². The number of hydrogen-bond acceptors (Lipinski definition) is 5. The lowest BCUT2D eigenvalue weighted by molar-refractivity contribution is -0.123. The zero-order valence-corrected chi connectivity index (χ0v) is 16.0. The van der Waals surface area contributed by atoms with Crippen molar-refractivity contribution in [3.05, 3.63) is 52.0 Å². The van der Waals surface area contributed by atoms with E-state index in [4.69, 9.17) is 37.4 Å². The highest BCUT2D eigenvalue weighted by molar-refractivity contribution is 6.35. The lowest BCUT2D eigenvalue weighted by Crippen LogP contribution is -2.25. The molecule has 6 nitrogen and oxygen atoms in total. The SMILES string of the molecule is COc1ccc(/C(C)=N/NC(=O)COc2ccc(Cl)cc2Cl)c(OC)c1. The van der Waals surface area contributed by atoms with Gasteiger partial charge in [-0.25, -0.2) is 5.43 Å². The maximum absolute atomic E-state index is 11.9. The van der Waals surface area contributed by atoms with Crippen LogP contribution in [0.4, 0.5) is 0 Å². The third-order valence-corrected chi connectivity index (χ3v) is 3.93. The van der Waals surface area contributed by atoms with E-state index in [9.17, 15) is 4.79 Å². The quantitative estimate of drug-likeness (QED) is 0.568. The van der Waals surface area contributed by atoms with E-state index < -0.39 is 5.91 Å². The molecule has 0 bridgehead atoms. The first-order valence-electron chi connectivity index (χ1n) is 7.58. The summed E-state index contributed by atoms with van der Waals surface area (Å²) in [6, 6.07) is 10.1. The van der Waals surface area contributed by atoms with E-state index in [1.165, 1.54) is 6.07 Å². The van der Waals surface area contributed by atoms with Gasteiger partial charge in [-0.3, -0.25) is 4.79 Å². The van der Waals surface area contributed by atoms with Crippen LogP contribution in [0.25, 0.3) is 0 Å². The highest BCUT2D eigenvalue weighted by Crippen LogP contribution is 2.27. The largest absolute Gasteiger partial charge is 0.497 e. The van der Waals surface area contributed by atoms with Crippen LogP contribution >= 0.6 is 23.2 Å². The Bertz CT molecular complexity index is 825. The van der Waals surface area contributed by atoms with E-state index in [-0.39, 0.29) is 6.61 Å². The van der Waals surface area contributed by atoms with Crippen LogP contribution in [0.15, 0.2) is 41.5 Å². The van der Waals surface area contributed by atoms with Crippen LogP contribution in [-0.2, 0) is 4.79 Å². The van der Waals surface area contributed by atoms with Crippen molar-refractivity contribution < 1.29 is 19.0 Å². The van der Waals surface area contributed by atoms with Gasteiger partial charge >= 0.3 is 0 Å². The van der Waals surface area contributed by atoms with Crippen LogP contribution in [0.5, 0.6) is 17.2 Å². The highest BCUT2D eigenvalue weighted by atomic mass is 35.5. The molecule has 0 aromatic heterocycles. The third kappa shape index (κ3) is 5.28. The van der Waals surface area contributed by atoms with Gasteiger partial charge in [-0.1, -0.05) is 23.2 Å². The molecule has 0 radical (unpaired) electrons. The molecule has 138 valence electrons. The standard InChI is InChI=1S/C18H18Cl2N2O4/c1-11(14-6-5-13(24-2)9-17(14)25-3)21-22-18(23)10-26-16-7-4-12(19)8-15(16)20/h4-9H,10H2,1-3H3,(H,22,23)/b21-11+. The molecule has 0 unspecified atom stereocenters. The van der Waals surface area contributed by atoms with Gasteiger partial charge < -0.3 is 14.2 Å². The van der Waals surface area contributed by atoms with Crippen LogP contribution in [0, 0.1) is 0 Å². The Kier molecular flexibility index (Phi) is 7.12. The smallest absolute Gasteiger partial charge is 0.277 e. The lowest BCUT2D eigenvalue weighted by Gasteiger charge is -2.10. The average molecular weight is 397 g/mol. The molecule has 26 heavy (non-hydrogen) atoms. The summed E-state index contributed by atoms with van der Waals surface area (Å²) in [5, 5.41) is 4.88. The number of hydrazone groups is 1. The van der Waals surface area contributed by atoms with Crippen LogP contribution in [0.2, 0.25) is 10.0 Å². The molecule has 0 heterocycles. The van der Waals surface area contributed by atoms with Crippen LogP contribution < -0.4 is 19.6 Å². The van der Waals surface area contributed by atoms with Crippen molar-refractivity contribution in [2.45, 2.75) is 6.92 Å². The average Bonchev–Trinajstić information content (AvgIpc) is 2.64. The molecule has 1 N–H and O–H groups in total. The Hall–Kier alpha value is -2.44. The van der Waals surface area contributed by atoms with Crippen LogP contribution in [-0.4, -0.2) is 32.4 Å². The first-order valence-corrected chi connectivity index (χ1v) is 8.33. The molecule has 0 saturated carbocycles. The molecule has 0 saturated heterocycles. The van der Waals surface area contributed by atoms with Gasteiger partial charge in [0.2, 0.25) is 0 Å². The van der Waals surface area contributed by atoms with Gasteiger partial charge in [0.05, 0.1) is 25.0 Å². The zero-order chi connectivity index (χ0) is 19.1. The van der Waals surface area contributed by atoms with Gasteiger partial charge in [0.15, 0.2) is 6.61 Å². The highest BCUT2D eigenvalue weighted by Gasteiger charge is 2.10. The third-order valence-electron chi connectivity index (χ3n) is 3.40. The lowest BCUT2D eigenvalue weighted by atomic mass is 10.1. The summed E-state index contributed by atoms with van der Waals surface area (Å²) in [4.78, 5) is 11.9. The van der Waals surface area contributed by atoms with Gasteiger partial charge in [0.1, 0.15) is 17.2 Å². The molecule has 0 fully saturated rings. The summed E-state index contributed by atoms with van der Waals surface area (Å²) in [7, 11) is 3.12. The molecule has 0 atom stereocenters.